The lowest BCUT2D eigenvalue weighted by molar-refractivity contribution is -0.382. The van der Waals surface area contributed by atoms with E-state index in [1.54, 1.807) is 0 Å². The highest BCUT2D eigenvalue weighted by Crippen LogP contribution is 2.75. The lowest BCUT2D eigenvalue weighted by Gasteiger charge is -2.63. The molecule has 26 unspecified atom stereocenters. The Hall–Kier alpha value is -2.10. The van der Waals surface area contributed by atoms with Crippen molar-refractivity contribution in [1.82, 2.24) is 0 Å². The number of Topliss-reactive ketones (excluding diaryl/α,β-unsaturated/α-hetero) is 1. The monoisotopic (exact) mass is 1050 g/mol. The maximum atomic E-state index is 14.3. The quantitative estimate of drug-likeness (QED) is 0.0647. The van der Waals surface area contributed by atoms with Gasteiger partial charge in [-0.25, -0.2) is 0 Å². The first-order valence-corrected chi connectivity index (χ1v) is 26.6. The summed E-state index contributed by atoms with van der Waals surface area (Å²) in [6, 6.07) is 0. The van der Waals surface area contributed by atoms with Crippen molar-refractivity contribution in [3.05, 3.63) is 23.8 Å². The number of aliphatic hydroxyl groups is 9. The number of hydrogen-bond donors (Lipinski definition) is 9. The third kappa shape index (κ3) is 9.11. The first-order valence-electron chi connectivity index (χ1n) is 26.6. The van der Waals surface area contributed by atoms with Crippen molar-refractivity contribution in [2.75, 3.05) is 26.9 Å². The van der Waals surface area contributed by atoms with E-state index in [1.165, 1.54) is 19.6 Å². The van der Waals surface area contributed by atoms with Gasteiger partial charge < -0.3 is 93.3 Å². The van der Waals surface area contributed by atoms with E-state index in [9.17, 15) is 55.5 Å². The molecule has 0 radical (unpaired) electrons. The number of carbonyl (C=O) groups excluding carboxylic acids is 2. The van der Waals surface area contributed by atoms with Crippen LogP contribution in [0.3, 0.4) is 0 Å². The van der Waals surface area contributed by atoms with Gasteiger partial charge in [0.15, 0.2) is 25.2 Å². The fourth-order valence-electron chi connectivity index (χ4n) is 15.6. The summed E-state index contributed by atoms with van der Waals surface area (Å²) in [6.45, 7) is 16.9. The third-order valence-corrected chi connectivity index (χ3v) is 19.5. The molecule has 9 aliphatic rings. The maximum Gasteiger partial charge on any atom is 0.314 e. The molecule has 5 heterocycles. The van der Waals surface area contributed by atoms with E-state index >= 15 is 0 Å². The smallest absolute Gasteiger partial charge is 0.314 e. The Kier molecular flexibility index (Phi) is 16.0. The topological polar surface area (TPSA) is 309 Å². The summed E-state index contributed by atoms with van der Waals surface area (Å²) in [7, 11) is 1.23. The highest BCUT2D eigenvalue weighted by Gasteiger charge is 2.79. The molecule has 9 rings (SSSR count). The Balaban J connectivity index is 0.859. The second-order valence-electron chi connectivity index (χ2n) is 24.3. The van der Waals surface area contributed by atoms with Crippen LogP contribution in [-0.4, -0.2) is 207 Å². The van der Waals surface area contributed by atoms with Crippen LogP contribution < -0.4 is 0 Å². The van der Waals surface area contributed by atoms with E-state index in [4.69, 9.17) is 47.4 Å². The lowest BCUT2D eigenvalue weighted by atomic mass is 9.41. The fourth-order valence-corrected chi connectivity index (χ4v) is 15.6. The zero-order chi connectivity index (χ0) is 53.8. The molecule has 21 heteroatoms. The van der Waals surface area contributed by atoms with Gasteiger partial charge in [0.1, 0.15) is 90.7 Å². The molecule has 0 aromatic carbocycles. The van der Waals surface area contributed by atoms with E-state index in [1.807, 2.05) is 13.8 Å². The molecule has 74 heavy (non-hydrogen) atoms. The van der Waals surface area contributed by atoms with Crippen LogP contribution in [0.25, 0.3) is 0 Å². The highest BCUT2D eigenvalue weighted by molar-refractivity contribution is 5.99. The van der Waals surface area contributed by atoms with Gasteiger partial charge in [-0.1, -0.05) is 44.9 Å². The van der Waals surface area contributed by atoms with Crippen molar-refractivity contribution in [3.8, 4) is 0 Å². The Morgan fingerprint density at radius 1 is 0.743 bits per heavy atom. The molecule has 5 aliphatic heterocycles. The van der Waals surface area contributed by atoms with Crippen LogP contribution in [0.5, 0.6) is 0 Å². The van der Waals surface area contributed by atoms with Crippen molar-refractivity contribution < 1.29 is 103 Å². The summed E-state index contributed by atoms with van der Waals surface area (Å²) in [5, 5.41) is 98.5. The Labute approximate surface area is 432 Å². The number of fused-ring (bicyclic) bond motifs is 4. The van der Waals surface area contributed by atoms with Crippen LogP contribution in [-0.2, 0) is 57.0 Å². The number of ether oxygens (including phenoxy) is 10. The van der Waals surface area contributed by atoms with Crippen LogP contribution in [0.15, 0.2) is 23.8 Å². The summed E-state index contributed by atoms with van der Waals surface area (Å²) in [5.74, 6) is -0.546. The molecule has 9 N–H and O–H groups in total. The average molecular weight is 1060 g/mol. The molecule has 4 aliphatic carbocycles. The molecule has 21 nitrogen and oxygen atoms in total. The van der Waals surface area contributed by atoms with Crippen molar-refractivity contribution in [1.29, 1.82) is 0 Å². The van der Waals surface area contributed by atoms with Crippen LogP contribution in [0.2, 0.25) is 0 Å². The zero-order valence-corrected chi connectivity index (χ0v) is 43.9. The minimum Gasteiger partial charge on any atom is -0.458 e. The normalized spacial score (nSPS) is 52.0. The number of aliphatic hydroxyl groups excluding tert-OH is 9. The van der Waals surface area contributed by atoms with Gasteiger partial charge in [0, 0.05) is 13.5 Å². The molecular formula is C53H82O21. The number of esters is 1. The van der Waals surface area contributed by atoms with Gasteiger partial charge >= 0.3 is 5.97 Å². The number of cyclic esters (lactones) is 1. The van der Waals surface area contributed by atoms with Gasteiger partial charge in [0.2, 0.25) is 0 Å². The molecular weight excluding hydrogens is 973 g/mol. The first-order chi connectivity index (χ1) is 34.8. The molecule has 0 amide bonds. The Morgan fingerprint density at radius 2 is 1.39 bits per heavy atom. The fraction of sp³-hybridized carbons (Fsp3) is 0.887. The molecule has 8 fully saturated rings. The molecule has 5 saturated heterocycles. The predicted molar refractivity (Wildman–Crippen MR) is 255 cm³/mol. The Bertz CT molecular complexity index is 2110. The summed E-state index contributed by atoms with van der Waals surface area (Å²) < 4.78 is 59.5. The van der Waals surface area contributed by atoms with Crippen LogP contribution in [0.4, 0.5) is 0 Å². The lowest BCUT2D eigenvalue weighted by Crippen LogP contribution is -2.65. The van der Waals surface area contributed by atoms with Crippen LogP contribution in [0, 0.1) is 39.4 Å². The van der Waals surface area contributed by atoms with Gasteiger partial charge in [-0.2, -0.15) is 0 Å². The minimum absolute atomic E-state index is 0.00351. The van der Waals surface area contributed by atoms with Gasteiger partial charge in [0.05, 0.1) is 43.4 Å². The van der Waals surface area contributed by atoms with E-state index in [0.29, 0.717) is 25.7 Å². The number of hydrogen-bond acceptors (Lipinski definition) is 21. The van der Waals surface area contributed by atoms with Crippen molar-refractivity contribution in [2.45, 2.75) is 229 Å². The molecule has 0 bridgehead atoms. The number of ketones is 1. The van der Waals surface area contributed by atoms with Gasteiger partial charge in [-0.15, -0.1) is 6.58 Å². The van der Waals surface area contributed by atoms with Crippen LogP contribution >= 0.6 is 0 Å². The summed E-state index contributed by atoms with van der Waals surface area (Å²) >= 11 is 0. The second-order valence-corrected chi connectivity index (χ2v) is 24.3. The van der Waals surface area contributed by atoms with Crippen molar-refractivity contribution in [3.63, 3.8) is 0 Å². The standard InChI is InChI=1S/C53H82O21/c1-23(2)11-10-16-52(8)43-27(55)19-51(7)26-12-13-31-49(4,5)32(15-17-50(31,6)25(26)14-18-53(43,51)48(64)74-52)70-47-42(33(58)28(56)21-67-47)73-45-36(61)35(60)39(24(3)68-45)71-44-37(62)40(29(57)22-66-44)72-46-38(63)41(65-9)34(59)30(20-54)69-46/h14,24,26,28-47,54,56-63H,1,10-13,15-22H2,2-9H3. The third-order valence-electron chi connectivity index (χ3n) is 19.5. The molecule has 0 aromatic heterocycles. The SMILES string of the molecule is C=C(C)CCCC1(C)OC(=O)C23CC=C4C(CCC5C4(C)CCC(OC4OCC(O)C(O)C4OC4OC(C)C(OC6OCC(O)C(OC7OC(CO)C(O)C(OC)C7O)C6O)C(O)C4O)C5(C)C)C2(C)CC(=O)C13. The second kappa shape index (κ2) is 20.8. The van der Waals surface area contributed by atoms with Gasteiger partial charge in [0.25, 0.3) is 0 Å². The predicted octanol–water partition coefficient (Wildman–Crippen LogP) is 0.430. The molecule has 26 atom stereocenters. The number of carbonyl (C=O) groups is 2. The van der Waals surface area contributed by atoms with Crippen molar-refractivity contribution >= 4 is 11.8 Å². The van der Waals surface area contributed by atoms with Gasteiger partial charge in [-0.05, 0) is 100 Å². The summed E-state index contributed by atoms with van der Waals surface area (Å²) in [4.78, 5) is 28.6. The molecule has 420 valence electrons. The summed E-state index contributed by atoms with van der Waals surface area (Å²) in [5.41, 5.74) is -0.844. The molecule has 3 saturated carbocycles. The molecule has 0 aromatic rings. The first kappa shape index (κ1) is 56.6. The number of rotatable bonds is 14. The number of methoxy groups -OCH3 is 1. The zero-order valence-electron chi connectivity index (χ0n) is 43.9. The van der Waals surface area contributed by atoms with Crippen molar-refractivity contribution in [2.24, 2.45) is 39.4 Å². The van der Waals surface area contributed by atoms with E-state index in [0.717, 1.165) is 37.7 Å². The Morgan fingerprint density at radius 3 is 2.08 bits per heavy atom. The minimum atomic E-state index is -1.83. The largest absolute Gasteiger partial charge is 0.458 e. The maximum absolute atomic E-state index is 14.3. The highest BCUT2D eigenvalue weighted by atomic mass is 16.8. The van der Waals surface area contributed by atoms with E-state index < -0.39 is 158 Å². The number of allylic oxidation sites excluding steroid dienone is 3. The summed E-state index contributed by atoms with van der Waals surface area (Å²) in [6.07, 6.45) is -19.1. The molecule has 1 spiro atoms. The van der Waals surface area contributed by atoms with E-state index in [2.05, 4.69) is 40.3 Å². The van der Waals surface area contributed by atoms with E-state index in [-0.39, 0.29) is 35.6 Å². The average Bonchev–Trinajstić information content (AvgIpc) is 3.73. The van der Waals surface area contributed by atoms with Gasteiger partial charge in [-0.3, -0.25) is 9.59 Å². The van der Waals surface area contributed by atoms with Crippen LogP contribution in [0.1, 0.15) is 106 Å².